The molecule has 2 bridgehead atoms. The fraction of sp³-hybridized carbons (Fsp3) is 1.00. The summed E-state index contributed by atoms with van der Waals surface area (Å²) in [5.41, 5.74) is -0.828. The molecule has 1 saturated carbocycles. The van der Waals surface area contributed by atoms with Crippen LogP contribution in [0.5, 0.6) is 0 Å². The zero-order valence-corrected chi connectivity index (χ0v) is 17.6. The highest BCUT2D eigenvalue weighted by atomic mass is 32.2. The molecule has 0 radical (unpaired) electrons. The van der Waals surface area contributed by atoms with Gasteiger partial charge in [0.1, 0.15) is 6.23 Å². The van der Waals surface area contributed by atoms with E-state index in [9.17, 15) is 13.5 Å². The third-order valence-corrected chi connectivity index (χ3v) is 9.42. The van der Waals surface area contributed by atoms with Crippen molar-refractivity contribution in [2.75, 3.05) is 24.6 Å². The topological polar surface area (TPSA) is 94.5 Å². The largest absolute Gasteiger partial charge is 0.392 e. The summed E-state index contributed by atoms with van der Waals surface area (Å²) < 4.78 is 36.5. The fourth-order valence-electron chi connectivity index (χ4n) is 6.45. The lowest BCUT2D eigenvalue weighted by molar-refractivity contribution is -0.574. The lowest BCUT2D eigenvalue weighted by Gasteiger charge is -2.61. The molecule has 1 spiro atoms. The van der Waals surface area contributed by atoms with Crippen molar-refractivity contribution >= 4 is 9.84 Å². The van der Waals surface area contributed by atoms with Crippen molar-refractivity contribution in [1.29, 1.82) is 0 Å². The molecule has 1 N–H and O–H groups in total. The van der Waals surface area contributed by atoms with Crippen molar-refractivity contribution < 1.29 is 32.8 Å². The Bertz CT molecular complexity index is 733. The zero-order valence-electron chi connectivity index (χ0n) is 16.7. The summed E-state index contributed by atoms with van der Waals surface area (Å²) in [5.74, 6) is -0.359. The van der Waals surface area contributed by atoms with Crippen LogP contribution >= 0.6 is 0 Å². The van der Waals surface area contributed by atoms with Gasteiger partial charge in [-0.15, -0.1) is 0 Å². The molecule has 8 nitrogen and oxygen atoms in total. The molecule has 5 heterocycles. The van der Waals surface area contributed by atoms with E-state index in [2.05, 4.69) is 18.7 Å². The van der Waals surface area contributed by atoms with Crippen LogP contribution in [0.3, 0.4) is 0 Å². The summed E-state index contributed by atoms with van der Waals surface area (Å²) in [7, 11) is -2.96. The summed E-state index contributed by atoms with van der Waals surface area (Å²) in [6.45, 7) is 7.03. The lowest BCUT2D eigenvalue weighted by atomic mass is 9.57. The minimum atomic E-state index is -2.96. The van der Waals surface area contributed by atoms with Crippen LogP contribution in [0.1, 0.15) is 40.0 Å². The fourth-order valence-corrected chi connectivity index (χ4v) is 7.68. The summed E-state index contributed by atoms with van der Waals surface area (Å²) >= 11 is 0. The molecule has 5 saturated heterocycles. The van der Waals surface area contributed by atoms with Crippen molar-refractivity contribution in [1.82, 2.24) is 4.90 Å². The minimum absolute atomic E-state index is 0.105. The van der Waals surface area contributed by atoms with E-state index in [1.165, 1.54) is 0 Å². The normalized spacial score (nSPS) is 56.1. The monoisotopic (exact) mass is 417 g/mol. The first kappa shape index (κ1) is 19.7. The molecule has 28 heavy (non-hydrogen) atoms. The van der Waals surface area contributed by atoms with Gasteiger partial charge in [0.05, 0.1) is 17.6 Å². The standard InChI is InChI=1S/C19H31NO7S/c1-11-4-5-13-12(2)16(20-6-8-28(22,23)9-7-20)24-17-19(13)15(11)14(21)10-18(3,25-17)26-27-19/h11-17,21H,4-10H2,1-3H3/t11-,12-,13+,14+,15-,16-,17-,18+,19+/m1/s1. The van der Waals surface area contributed by atoms with Crippen molar-refractivity contribution in [3.63, 3.8) is 0 Å². The highest BCUT2D eigenvalue weighted by molar-refractivity contribution is 7.91. The van der Waals surface area contributed by atoms with Gasteiger partial charge in [-0.25, -0.2) is 18.2 Å². The third-order valence-electron chi connectivity index (χ3n) is 7.81. The Morgan fingerprint density at radius 3 is 2.54 bits per heavy atom. The molecule has 0 unspecified atom stereocenters. The van der Waals surface area contributed by atoms with Crippen LogP contribution in [-0.4, -0.2) is 73.0 Å². The molecule has 5 aliphatic heterocycles. The van der Waals surface area contributed by atoms with Gasteiger partial charge in [-0.3, -0.25) is 4.90 Å². The molecular formula is C19H31NO7S. The van der Waals surface area contributed by atoms with Crippen molar-refractivity contribution in [2.24, 2.45) is 23.7 Å². The molecule has 6 rings (SSSR count). The lowest BCUT2D eigenvalue weighted by Crippen LogP contribution is -2.73. The number of hydrogen-bond donors (Lipinski definition) is 1. The molecule has 0 aromatic rings. The molecular weight excluding hydrogens is 386 g/mol. The van der Waals surface area contributed by atoms with Crippen molar-refractivity contribution in [3.8, 4) is 0 Å². The number of rotatable bonds is 1. The molecule has 0 aromatic heterocycles. The van der Waals surface area contributed by atoms with E-state index in [-0.39, 0.29) is 41.4 Å². The number of aliphatic hydroxyl groups excluding tert-OH is 1. The summed E-state index contributed by atoms with van der Waals surface area (Å²) in [4.78, 5) is 14.0. The zero-order chi connectivity index (χ0) is 19.9. The van der Waals surface area contributed by atoms with Crippen LogP contribution in [0.4, 0.5) is 0 Å². The van der Waals surface area contributed by atoms with Gasteiger partial charge in [0, 0.05) is 37.3 Å². The second-order valence-corrected chi connectivity index (χ2v) is 11.9. The van der Waals surface area contributed by atoms with Gasteiger partial charge in [0.15, 0.2) is 21.7 Å². The smallest absolute Gasteiger partial charge is 0.204 e. The Labute approximate surface area is 166 Å². The molecule has 6 fully saturated rings. The van der Waals surface area contributed by atoms with Crippen LogP contribution in [0.2, 0.25) is 0 Å². The summed E-state index contributed by atoms with van der Waals surface area (Å²) in [5, 5.41) is 11.0. The first-order valence-electron chi connectivity index (χ1n) is 10.5. The number of fused-ring (bicyclic) bond motifs is 2. The van der Waals surface area contributed by atoms with Crippen molar-refractivity contribution in [2.45, 2.75) is 70.0 Å². The van der Waals surface area contributed by atoms with Crippen LogP contribution in [-0.2, 0) is 29.1 Å². The predicted molar refractivity (Wildman–Crippen MR) is 98.4 cm³/mol. The average Bonchev–Trinajstić information content (AvgIpc) is 2.79. The van der Waals surface area contributed by atoms with Gasteiger partial charge in [-0.2, -0.15) is 0 Å². The number of sulfone groups is 1. The van der Waals surface area contributed by atoms with Crippen LogP contribution in [0, 0.1) is 23.7 Å². The molecule has 0 amide bonds. The van der Waals surface area contributed by atoms with Crippen LogP contribution in [0.25, 0.3) is 0 Å². The third kappa shape index (κ3) is 2.74. The molecule has 160 valence electrons. The Morgan fingerprint density at radius 2 is 1.82 bits per heavy atom. The van der Waals surface area contributed by atoms with Gasteiger partial charge in [0.2, 0.25) is 5.79 Å². The number of nitrogens with zero attached hydrogens (tertiary/aromatic N) is 1. The SMILES string of the molecule is C[C@H]1[C@H](N2CCS(=O)(=O)CC2)O[C@@H]2O[C@]3(C)C[C@H](O)[C@H]4[C@H](C)CC[C@@H]1[C@@]24OO3. The highest BCUT2D eigenvalue weighted by Gasteiger charge is 2.71. The second-order valence-electron chi connectivity index (χ2n) is 9.64. The summed E-state index contributed by atoms with van der Waals surface area (Å²) in [6, 6.07) is 0. The Hall–Kier alpha value is -0.290. The second kappa shape index (κ2) is 6.35. The molecule has 9 atom stereocenters. The van der Waals surface area contributed by atoms with E-state index in [0.717, 1.165) is 12.8 Å². The highest BCUT2D eigenvalue weighted by Crippen LogP contribution is 2.60. The maximum absolute atomic E-state index is 11.9. The van der Waals surface area contributed by atoms with E-state index in [4.69, 9.17) is 19.2 Å². The van der Waals surface area contributed by atoms with E-state index in [1.807, 2.05) is 0 Å². The van der Waals surface area contributed by atoms with Gasteiger partial charge in [-0.1, -0.05) is 13.8 Å². The van der Waals surface area contributed by atoms with Gasteiger partial charge in [-0.05, 0) is 25.7 Å². The number of aliphatic hydroxyl groups is 1. The van der Waals surface area contributed by atoms with E-state index < -0.39 is 33.6 Å². The number of ether oxygens (including phenoxy) is 2. The predicted octanol–water partition coefficient (Wildman–Crippen LogP) is 0.896. The maximum atomic E-state index is 11.9. The number of hydrogen-bond acceptors (Lipinski definition) is 8. The molecule has 1 aliphatic carbocycles. The van der Waals surface area contributed by atoms with Crippen molar-refractivity contribution in [3.05, 3.63) is 0 Å². The molecule has 6 aliphatic rings. The Morgan fingerprint density at radius 1 is 1.11 bits per heavy atom. The van der Waals surface area contributed by atoms with Crippen LogP contribution in [0.15, 0.2) is 0 Å². The van der Waals surface area contributed by atoms with Gasteiger partial charge >= 0.3 is 0 Å². The average molecular weight is 418 g/mol. The van der Waals surface area contributed by atoms with Gasteiger partial charge in [0.25, 0.3) is 0 Å². The van der Waals surface area contributed by atoms with E-state index >= 15 is 0 Å². The van der Waals surface area contributed by atoms with Crippen LogP contribution < -0.4 is 0 Å². The van der Waals surface area contributed by atoms with E-state index in [1.54, 1.807) is 6.92 Å². The molecule has 0 aromatic carbocycles. The Balaban J connectivity index is 1.51. The maximum Gasteiger partial charge on any atom is 0.204 e. The minimum Gasteiger partial charge on any atom is -0.392 e. The first-order chi connectivity index (χ1) is 13.2. The summed E-state index contributed by atoms with van der Waals surface area (Å²) in [6.07, 6.45) is 0.846. The van der Waals surface area contributed by atoms with Gasteiger partial charge < -0.3 is 14.6 Å². The van der Waals surface area contributed by atoms with E-state index in [0.29, 0.717) is 19.5 Å². The first-order valence-corrected chi connectivity index (χ1v) is 12.3. The quantitative estimate of drug-likeness (QED) is 0.629. The Kier molecular flexibility index (Phi) is 4.46. The molecule has 9 heteroatoms.